The van der Waals surface area contributed by atoms with Gasteiger partial charge in [-0.1, -0.05) is 49.4 Å². The zero-order chi connectivity index (χ0) is 26.6. The van der Waals surface area contributed by atoms with Crippen molar-refractivity contribution in [3.63, 3.8) is 0 Å². The van der Waals surface area contributed by atoms with Gasteiger partial charge in [0.05, 0.1) is 17.4 Å². The predicted octanol–water partition coefficient (Wildman–Crippen LogP) is 2.53. The van der Waals surface area contributed by atoms with Gasteiger partial charge in [0.15, 0.2) is 0 Å². The summed E-state index contributed by atoms with van der Waals surface area (Å²) < 4.78 is 6.95. The van der Waals surface area contributed by atoms with E-state index in [0.29, 0.717) is 25.9 Å². The topological polar surface area (TPSA) is 90.4 Å². The Balaban J connectivity index is 1.67. The molecule has 5 atom stereocenters. The SMILES string of the molecule is CC[C@@]12C=CCN(c3ccccc3)C(=O)[C@@H]1[C@H]1C(=O)N(CCCO)C3C(=O)N(C(C)(C)C)CC=C[C@@]31O2. The highest BCUT2D eigenvalue weighted by atomic mass is 16.5. The van der Waals surface area contributed by atoms with Crippen LogP contribution in [0.15, 0.2) is 54.6 Å². The summed E-state index contributed by atoms with van der Waals surface area (Å²) in [5, 5.41) is 9.57. The molecule has 5 rings (SSSR count). The second-order valence-corrected chi connectivity index (χ2v) is 11.4. The monoisotopic (exact) mass is 507 g/mol. The molecule has 0 aliphatic carbocycles. The summed E-state index contributed by atoms with van der Waals surface area (Å²) in [6.07, 6.45) is 8.50. The van der Waals surface area contributed by atoms with Crippen LogP contribution in [0, 0.1) is 11.8 Å². The van der Waals surface area contributed by atoms with E-state index in [1.165, 1.54) is 0 Å². The summed E-state index contributed by atoms with van der Waals surface area (Å²) in [5.41, 5.74) is -1.99. The molecule has 1 spiro atoms. The number of hydrogen-bond acceptors (Lipinski definition) is 5. The van der Waals surface area contributed by atoms with Gasteiger partial charge < -0.3 is 24.5 Å². The van der Waals surface area contributed by atoms with Crippen LogP contribution < -0.4 is 4.90 Å². The summed E-state index contributed by atoms with van der Waals surface area (Å²) in [6.45, 7) is 8.77. The molecule has 198 valence electrons. The number of likely N-dealkylation sites (tertiary alicyclic amines) is 1. The fourth-order valence-corrected chi connectivity index (χ4v) is 6.68. The number of anilines is 1. The van der Waals surface area contributed by atoms with Gasteiger partial charge in [-0.2, -0.15) is 0 Å². The number of nitrogens with zero attached hydrogens (tertiary/aromatic N) is 3. The van der Waals surface area contributed by atoms with Crippen LogP contribution in [0.2, 0.25) is 0 Å². The van der Waals surface area contributed by atoms with Crippen LogP contribution in [0.3, 0.4) is 0 Å². The molecule has 1 N–H and O–H groups in total. The van der Waals surface area contributed by atoms with Crippen LogP contribution in [0.1, 0.15) is 40.5 Å². The third-order valence-corrected chi connectivity index (χ3v) is 8.37. The molecule has 37 heavy (non-hydrogen) atoms. The Kier molecular flexibility index (Phi) is 6.31. The number of fused-ring (bicyclic) bond motifs is 2. The van der Waals surface area contributed by atoms with Crippen molar-refractivity contribution in [2.45, 2.75) is 63.3 Å². The molecule has 1 unspecified atom stereocenters. The molecule has 2 saturated heterocycles. The number of benzene rings is 1. The zero-order valence-corrected chi connectivity index (χ0v) is 22.1. The molecule has 1 aromatic rings. The van der Waals surface area contributed by atoms with Crippen LogP contribution in [0.4, 0.5) is 5.69 Å². The summed E-state index contributed by atoms with van der Waals surface area (Å²) in [4.78, 5) is 47.8. The fraction of sp³-hybridized carbons (Fsp3) is 0.552. The summed E-state index contributed by atoms with van der Waals surface area (Å²) in [6, 6.07) is 8.55. The van der Waals surface area contributed by atoms with Gasteiger partial charge >= 0.3 is 0 Å². The van der Waals surface area contributed by atoms with E-state index in [9.17, 15) is 19.5 Å². The Bertz CT molecular complexity index is 1140. The maximum absolute atomic E-state index is 14.3. The normalized spacial score (nSPS) is 33.4. The molecule has 4 aliphatic heterocycles. The second kappa shape index (κ2) is 9.10. The summed E-state index contributed by atoms with van der Waals surface area (Å²) in [5.74, 6) is -2.26. The van der Waals surface area contributed by atoms with E-state index in [4.69, 9.17) is 4.74 Å². The number of para-hydroxylation sites is 1. The number of rotatable bonds is 5. The van der Waals surface area contributed by atoms with Gasteiger partial charge in [0.1, 0.15) is 11.6 Å². The summed E-state index contributed by atoms with van der Waals surface area (Å²) in [7, 11) is 0. The number of aliphatic hydroxyl groups is 1. The molecular formula is C29H37N3O5. The molecule has 2 fully saturated rings. The molecule has 4 aliphatic rings. The number of aliphatic hydroxyl groups excluding tert-OH is 1. The standard InChI is InChI=1S/C29H37N3O5/c1-5-28-14-9-16-30(20-12-7-6-8-13-20)24(34)21(28)22-25(35)31(17-11-19-33)23-26(36)32(27(2,3)4)18-10-15-29(22,23)37-28/h6-10,12-15,21-23,33H,5,11,16-19H2,1-4H3/t21-,22-,23?,28+,29-/m0/s1. The fourth-order valence-electron chi connectivity index (χ4n) is 6.68. The van der Waals surface area contributed by atoms with E-state index in [-0.39, 0.29) is 30.9 Å². The molecular weight excluding hydrogens is 470 g/mol. The first kappa shape index (κ1) is 25.7. The van der Waals surface area contributed by atoms with Gasteiger partial charge in [-0.05, 0) is 45.7 Å². The number of carbonyl (C=O) groups is 3. The largest absolute Gasteiger partial charge is 0.396 e. The Labute approximate surface area is 218 Å². The average Bonchev–Trinajstić information content (AvgIpc) is 3.14. The highest BCUT2D eigenvalue weighted by Gasteiger charge is 2.75. The molecule has 0 radical (unpaired) electrons. The minimum absolute atomic E-state index is 0.103. The van der Waals surface area contributed by atoms with E-state index in [1.807, 2.05) is 82.3 Å². The van der Waals surface area contributed by atoms with Crippen LogP contribution in [0.25, 0.3) is 0 Å². The van der Waals surface area contributed by atoms with Crippen molar-refractivity contribution in [1.29, 1.82) is 0 Å². The number of amides is 3. The van der Waals surface area contributed by atoms with Crippen molar-refractivity contribution < 1.29 is 24.2 Å². The van der Waals surface area contributed by atoms with Gasteiger partial charge in [0.2, 0.25) is 17.7 Å². The lowest BCUT2D eigenvalue weighted by Crippen LogP contribution is -2.59. The maximum atomic E-state index is 14.3. The van der Waals surface area contributed by atoms with Crippen molar-refractivity contribution in [3.05, 3.63) is 54.6 Å². The van der Waals surface area contributed by atoms with Crippen molar-refractivity contribution in [1.82, 2.24) is 9.80 Å². The predicted molar refractivity (Wildman–Crippen MR) is 140 cm³/mol. The van der Waals surface area contributed by atoms with E-state index in [0.717, 1.165) is 5.69 Å². The minimum Gasteiger partial charge on any atom is -0.396 e. The second-order valence-electron chi connectivity index (χ2n) is 11.4. The van der Waals surface area contributed by atoms with Gasteiger partial charge in [-0.25, -0.2) is 0 Å². The molecule has 8 nitrogen and oxygen atoms in total. The first-order valence-corrected chi connectivity index (χ1v) is 13.3. The minimum atomic E-state index is -1.27. The first-order chi connectivity index (χ1) is 17.6. The quantitative estimate of drug-likeness (QED) is 0.619. The van der Waals surface area contributed by atoms with Gasteiger partial charge in [-0.3, -0.25) is 14.4 Å². The molecule has 3 amide bonds. The van der Waals surface area contributed by atoms with Crippen LogP contribution in [-0.4, -0.2) is 81.7 Å². The van der Waals surface area contributed by atoms with E-state index < -0.39 is 34.6 Å². The Hall–Kier alpha value is -2.97. The van der Waals surface area contributed by atoms with Crippen molar-refractivity contribution in [2.75, 3.05) is 31.1 Å². The smallest absolute Gasteiger partial charge is 0.249 e. The molecule has 0 bridgehead atoms. The van der Waals surface area contributed by atoms with Crippen LogP contribution in [-0.2, 0) is 19.1 Å². The van der Waals surface area contributed by atoms with Crippen LogP contribution >= 0.6 is 0 Å². The van der Waals surface area contributed by atoms with Gasteiger partial charge in [0.25, 0.3) is 0 Å². The van der Waals surface area contributed by atoms with E-state index in [2.05, 4.69) is 0 Å². The lowest BCUT2D eigenvalue weighted by Gasteiger charge is -2.41. The molecule has 1 aromatic carbocycles. The number of ether oxygens (including phenoxy) is 1. The van der Waals surface area contributed by atoms with Crippen LogP contribution in [0.5, 0.6) is 0 Å². The molecule has 0 aromatic heterocycles. The Morgan fingerprint density at radius 1 is 0.973 bits per heavy atom. The Morgan fingerprint density at radius 2 is 1.68 bits per heavy atom. The van der Waals surface area contributed by atoms with Crippen molar-refractivity contribution in [2.24, 2.45) is 11.8 Å². The van der Waals surface area contributed by atoms with Gasteiger partial charge in [-0.15, -0.1) is 0 Å². The van der Waals surface area contributed by atoms with E-state index >= 15 is 0 Å². The van der Waals surface area contributed by atoms with Crippen molar-refractivity contribution in [3.8, 4) is 0 Å². The first-order valence-electron chi connectivity index (χ1n) is 13.3. The highest BCUT2D eigenvalue weighted by Crippen LogP contribution is 2.58. The molecule has 0 saturated carbocycles. The highest BCUT2D eigenvalue weighted by molar-refractivity contribution is 6.04. The maximum Gasteiger partial charge on any atom is 0.249 e. The number of carbonyl (C=O) groups excluding carboxylic acids is 3. The molecule has 8 heteroatoms. The Morgan fingerprint density at radius 3 is 2.32 bits per heavy atom. The third kappa shape index (κ3) is 3.76. The van der Waals surface area contributed by atoms with E-state index in [1.54, 1.807) is 14.7 Å². The average molecular weight is 508 g/mol. The molecule has 4 heterocycles. The lowest BCUT2D eigenvalue weighted by molar-refractivity contribution is -0.155. The lowest BCUT2D eigenvalue weighted by atomic mass is 9.73. The van der Waals surface area contributed by atoms with Gasteiger partial charge in [0, 0.05) is 37.5 Å². The number of hydrogen-bond donors (Lipinski definition) is 1. The van der Waals surface area contributed by atoms with Crippen molar-refractivity contribution >= 4 is 23.4 Å². The third-order valence-electron chi connectivity index (χ3n) is 8.37. The zero-order valence-electron chi connectivity index (χ0n) is 22.1. The summed E-state index contributed by atoms with van der Waals surface area (Å²) >= 11 is 0.